The van der Waals surface area contributed by atoms with E-state index in [1.165, 1.54) is 11.1 Å². The Morgan fingerprint density at radius 1 is 1.10 bits per heavy atom. The van der Waals surface area contributed by atoms with Crippen molar-refractivity contribution in [1.82, 2.24) is 4.90 Å². The Morgan fingerprint density at radius 2 is 1.90 bits per heavy atom. The van der Waals surface area contributed by atoms with Crippen LogP contribution >= 0.6 is 0 Å². The van der Waals surface area contributed by atoms with Gasteiger partial charge in [0.15, 0.2) is 0 Å². The van der Waals surface area contributed by atoms with E-state index in [2.05, 4.69) is 43.1 Å². The topological polar surface area (TPSA) is 38.5 Å². The minimum Gasteiger partial charge on any atom is -0.490 e. The van der Waals surface area contributed by atoms with Gasteiger partial charge >= 0.3 is 0 Å². The van der Waals surface area contributed by atoms with E-state index in [1.54, 1.807) is 0 Å². The van der Waals surface area contributed by atoms with E-state index < -0.39 is 0 Å². The van der Waals surface area contributed by atoms with Crippen LogP contribution in [0, 0.1) is 6.92 Å². The van der Waals surface area contributed by atoms with Crippen LogP contribution in [0.2, 0.25) is 0 Å². The van der Waals surface area contributed by atoms with Crippen molar-refractivity contribution < 1.29 is 4.74 Å². The Morgan fingerprint density at radius 3 is 2.65 bits per heavy atom. The molecule has 2 aromatic rings. The van der Waals surface area contributed by atoms with Crippen LogP contribution in [0.15, 0.2) is 48.5 Å². The average Bonchev–Trinajstić information content (AvgIpc) is 2.41. The SMILES string of the molecule is Cc1cccc(CN(C)CCOc2ccccc2N)c1. The molecule has 0 fully saturated rings. The second-order valence-corrected chi connectivity index (χ2v) is 5.11. The van der Waals surface area contributed by atoms with E-state index >= 15 is 0 Å². The van der Waals surface area contributed by atoms with E-state index in [0.29, 0.717) is 12.3 Å². The summed E-state index contributed by atoms with van der Waals surface area (Å²) in [6.07, 6.45) is 0. The third kappa shape index (κ3) is 4.28. The zero-order valence-corrected chi connectivity index (χ0v) is 12.2. The van der Waals surface area contributed by atoms with Crippen molar-refractivity contribution in [3.05, 3.63) is 59.7 Å². The molecule has 3 heteroatoms. The Balaban J connectivity index is 1.78. The van der Waals surface area contributed by atoms with Gasteiger partial charge in [0.05, 0.1) is 5.69 Å². The molecule has 2 N–H and O–H groups in total. The molecule has 0 aromatic heterocycles. The molecule has 0 unspecified atom stereocenters. The standard InChI is InChI=1S/C17H22N2O/c1-14-6-5-7-15(12-14)13-19(2)10-11-20-17-9-4-3-8-16(17)18/h3-9,12H,10-11,13,18H2,1-2H3. The molecule has 0 radical (unpaired) electrons. The first kappa shape index (κ1) is 14.4. The molecule has 0 heterocycles. The Labute approximate surface area is 121 Å². The lowest BCUT2D eigenvalue weighted by molar-refractivity contribution is 0.233. The number of rotatable bonds is 6. The molecule has 2 rings (SSSR count). The van der Waals surface area contributed by atoms with Gasteiger partial charge in [-0.25, -0.2) is 0 Å². The van der Waals surface area contributed by atoms with Crippen molar-refractivity contribution >= 4 is 5.69 Å². The second kappa shape index (κ2) is 6.96. The molecule has 3 nitrogen and oxygen atoms in total. The van der Waals surface area contributed by atoms with Crippen molar-refractivity contribution in [3.63, 3.8) is 0 Å². The molecule has 0 spiro atoms. The van der Waals surface area contributed by atoms with Gasteiger partial charge in [0, 0.05) is 13.1 Å². The fraction of sp³-hybridized carbons (Fsp3) is 0.294. The van der Waals surface area contributed by atoms with Crippen LogP contribution in [0.25, 0.3) is 0 Å². The summed E-state index contributed by atoms with van der Waals surface area (Å²) in [6.45, 7) is 4.54. The normalized spacial score (nSPS) is 10.8. The molecular formula is C17H22N2O. The van der Waals surface area contributed by atoms with Gasteiger partial charge in [-0.3, -0.25) is 4.90 Å². The number of nitrogens with two attached hydrogens (primary N) is 1. The van der Waals surface area contributed by atoms with Crippen LogP contribution in [0.3, 0.4) is 0 Å². The van der Waals surface area contributed by atoms with Gasteiger partial charge in [-0.1, -0.05) is 42.0 Å². The molecule has 0 aliphatic heterocycles. The summed E-state index contributed by atoms with van der Waals surface area (Å²) in [5.74, 6) is 0.761. The summed E-state index contributed by atoms with van der Waals surface area (Å²) in [5.41, 5.74) is 9.15. The first-order valence-corrected chi connectivity index (χ1v) is 6.86. The van der Waals surface area contributed by atoms with Crippen LogP contribution in [0.5, 0.6) is 5.75 Å². The Kier molecular flexibility index (Phi) is 5.02. The van der Waals surface area contributed by atoms with Crippen molar-refractivity contribution in [1.29, 1.82) is 0 Å². The molecule has 20 heavy (non-hydrogen) atoms. The third-order valence-electron chi connectivity index (χ3n) is 3.18. The largest absolute Gasteiger partial charge is 0.490 e. The lowest BCUT2D eigenvalue weighted by Crippen LogP contribution is -2.24. The number of nitrogens with zero attached hydrogens (tertiary/aromatic N) is 1. The predicted molar refractivity (Wildman–Crippen MR) is 83.9 cm³/mol. The van der Waals surface area contributed by atoms with E-state index in [0.717, 1.165) is 18.8 Å². The molecule has 2 aromatic carbocycles. The van der Waals surface area contributed by atoms with Gasteiger partial charge < -0.3 is 10.5 Å². The van der Waals surface area contributed by atoms with Crippen LogP contribution in [-0.4, -0.2) is 25.1 Å². The molecule has 0 bridgehead atoms. The molecule has 0 amide bonds. The predicted octanol–water partition coefficient (Wildman–Crippen LogP) is 3.09. The van der Waals surface area contributed by atoms with E-state index in [-0.39, 0.29) is 0 Å². The fourth-order valence-electron chi connectivity index (χ4n) is 2.12. The summed E-state index contributed by atoms with van der Waals surface area (Å²) in [5, 5.41) is 0. The fourth-order valence-corrected chi connectivity index (χ4v) is 2.12. The van der Waals surface area contributed by atoms with E-state index in [4.69, 9.17) is 10.5 Å². The molecular weight excluding hydrogens is 248 g/mol. The molecule has 0 atom stereocenters. The highest BCUT2D eigenvalue weighted by molar-refractivity contribution is 5.51. The Bertz CT molecular complexity index is 554. The van der Waals surface area contributed by atoms with Gasteiger partial charge in [0.2, 0.25) is 0 Å². The number of hydrogen-bond acceptors (Lipinski definition) is 3. The van der Waals surface area contributed by atoms with Gasteiger partial charge in [-0.15, -0.1) is 0 Å². The summed E-state index contributed by atoms with van der Waals surface area (Å²) in [4.78, 5) is 2.24. The molecule has 0 aliphatic rings. The lowest BCUT2D eigenvalue weighted by Gasteiger charge is -2.17. The molecule has 0 aliphatic carbocycles. The van der Waals surface area contributed by atoms with Crippen LogP contribution < -0.4 is 10.5 Å². The lowest BCUT2D eigenvalue weighted by atomic mass is 10.1. The maximum Gasteiger partial charge on any atom is 0.142 e. The number of para-hydroxylation sites is 2. The van der Waals surface area contributed by atoms with Gasteiger partial charge in [-0.05, 0) is 31.7 Å². The van der Waals surface area contributed by atoms with Crippen molar-refractivity contribution in [2.45, 2.75) is 13.5 Å². The summed E-state index contributed by atoms with van der Waals surface area (Å²) < 4.78 is 5.70. The zero-order chi connectivity index (χ0) is 14.4. The smallest absolute Gasteiger partial charge is 0.142 e. The number of nitrogen functional groups attached to an aromatic ring is 1. The monoisotopic (exact) mass is 270 g/mol. The number of likely N-dealkylation sites (N-methyl/N-ethyl adjacent to an activating group) is 1. The van der Waals surface area contributed by atoms with Crippen LogP contribution in [0.4, 0.5) is 5.69 Å². The van der Waals surface area contributed by atoms with Crippen LogP contribution in [-0.2, 0) is 6.54 Å². The molecule has 0 saturated heterocycles. The first-order chi connectivity index (χ1) is 9.65. The van der Waals surface area contributed by atoms with Crippen molar-refractivity contribution in [3.8, 4) is 5.75 Å². The number of benzene rings is 2. The number of anilines is 1. The summed E-state index contributed by atoms with van der Waals surface area (Å²) in [6, 6.07) is 16.2. The summed E-state index contributed by atoms with van der Waals surface area (Å²) in [7, 11) is 2.10. The first-order valence-electron chi connectivity index (χ1n) is 6.86. The van der Waals surface area contributed by atoms with E-state index in [1.807, 2.05) is 24.3 Å². The van der Waals surface area contributed by atoms with E-state index in [9.17, 15) is 0 Å². The van der Waals surface area contributed by atoms with Crippen LogP contribution in [0.1, 0.15) is 11.1 Å². The van der Waals surface area contributed by atoms with Gasteiger partial charge in [-0.2, -0.15) is 0 Å². The molecule has 106 valence electrons. The van der Waals surface area contributed by atoms with Gasteiger partial charge in [0.25, 0.3) is 0 Å². The number of hydrogen-bond donors (Lipinski definition) is 1. The molecule has 0 saturated carbocycles. The van der Waals surface area contributed by atoms with Crippen molar-refractivity contribution in [2.75, 3.05) is 25.9 Å². The maximum absolute atomic E-state index is 5.84. The zero-order valence-electron chi connectivity index (χ0n) is 12.2. The highest BCUT2D eigenvalue weighted by atomic mass is 16.5. The highest BCUT2D eigenvalue weighted by Gasteiger charge is 2.02. The third-order valence-corrected chi connectivity index (χ3v) is 3.18. The maximum atomic E-state index is 5.84. The average molecular weight is 270 g/mol. The van der Waals surface area contributed by atoms with Crippen molar-refractivity contribution in [2.24, 2.45) is 0 Å². The quantitative estimate of drug-likeness (QED) is 0.820. The minimum atomic E-state index is 0.635. The highest BCUT2D eigenvalue weighted by Crippen LogP contribution is 2.19. The number of ether oxygens (including phenoxy) is 1. The number of aryl methyl sites for hydroxylation is 1. The van der Waals surface area contributed by atoms with Gasteiger partial charge in [0.1, 0.15) is 12.4 Å². The minimum absolute atomic E-state index is 0.635. The Hall–Kier alpha value is -2.00. The second-order valence-electron chi connectivity index (χ2n) is 5.11. The summed E-state index contributed by atoms with van der Waals surface area (Å²) >= 11 is 0.